The highest BCUT2D eigenvalue weighted by Crippen LogP contribution is 2.10. The Morgan fingerprint density at radius 2 is 2.00 bits per heavy atom. The van der Waals surface area contributed by atoms with Crippen LogP contribution in [0, 0.1) is 0 Å². The maximum absolute atomic E-state index is 11.1. The Balaban J connectivity index is 1.93. The molecule has 5 heteroatoms. The molecular weight excluding hydrogens is 228 g/mol. The van der Waals surface area contributed by atoms with E-state index in [-0.39, 0.29) is 11.2 Å². The summed E-state index contributed by atoms with van der Waals surface area (Å²) in [5.74, 6) is 0. The fraction of sp³-hybridized carbons (Fsp3) is 0.462. The van der Waals surface area contributed by atoms with Gasteiger partial charge in [-0.1, -0.05) is 6.07 Å². The van der Waals surface area contributed by atoms with Crippen molar-refractivity contribution in [1.29, 1.82) is 0 Å². The van der Waals surface area contributed by atoms with E-state index in [0.29, 0.717) is 0 Å². The lowest BCUT2D eigenvalue weighted by Gasteiger charge is -2.18. The molecule has 1 aromatic heterocycles. The number of aromatic amines is 2. The summed E-state index contributed by atoms with van der Waals surface area (Å²) in [6, 6.07) is 5.96. The molecule has 0 aliphatic heterocycles. The van der Waals surface area contributed by atoms with Crippen LogP contribution in [0.2, 0.25) is 0 Å². The van der Waals surface area contributed by atoms with Crippen LogP contribution in [-0.4, -0.2) is 28.6 Å². The van der Waals surface area contributed by atoms with Crippen LogP contribution < -0.4 is 16.7 Å². The highest BCUT2D eigenvalue weighted by Gasteiger charge is 2.08. The first-order chi connectivity index (χ1) is 8.44. The molecule has 5 N–H and O–H groups in total. The number of hydrogen-bond acceptors (Lipinski definition) is 3. The fourth-order valence-electron chi connectivity index (χ4n) is 1.88. The minimum absolute atomic E-state index is 0.162. The third-order valence-corrected chi connectivity index (χ3v) is 2.75. The molecule has 1 heterocycles. The fourth-order valence-corrected chi connectivity index (χ4v) is 1.88. The Bertz CT molecular complexity index is 576. The number of fused-ring (bicyclic) bond motifs is 1. The van der Waals surface area contributed by atoms with E-state index in [0.717, 1.165) is 30.5 Å². The van der Waals surface area contributed by atoms with Crippen molar-refractivity contribution in [3.63, 3.8) is 0 Å². The summed E-state index contributed by atoms with van der Waals surface area (Å²) in [6.45, 7) is 5.66. The molecule has 18 heavy (non-hydrogen) atoms. The van der Waals surface area contributed by atoms with Gasteiger partial charge in [-0.15, -0.1) is 0 Å². The molecule has 2 rings (SSSR count). The molecule has 0 saturated heterocycles. The van der Waals surface area contributed by atoms with Crippen LogP contribution >= 0.6 is 0 Å². The average Bonchev–Trinajstić information content (AvgIpc) is 2.62. The number of hydrogen-bond donors (Lipinski definition) is 4. The van der Waals surface area contributed by atoms with Gasteiger partial charge in [-0.25, -0.2) is 4.79 Å². The van der Waals surface area contributed by atoms with E-state index in [1.165, 1.54) is 5.56 Å². The van der Waals surface area contributed by atoms with Gasteiger partial charge >= 0.3 is 5.69 Å². The quantitative estimate of drug-likeness (QED) is 0.588. The third kappa shape index (κ3) is 3.45. The number of nitrogens with two attached hydrogens (primary N) is 1. The van der Waals surface area contributed by atoms with Crippen LogP contribution in [0.15, 0.2) is 23.0 Å². The van der Waals surface area contributed by atoms with Crippen molar-refractivity contribution in [1.82, 2.24) is 15.3 Å². The SMILES string of the molecule is CC(C)(N)CNCCc1ccc2[nH]c(=O)[nH]c2c1. The van der Waals surface area contributed by atoms with Crippen LogP contribution in [0.5, 0.6) is 0 Å². The molecule has 0 unspecified atom stereocenters. The van der Waals surface area contributed by atoms with Crippen molar-refractivity contribution in [2.24, 2.45) is 5.73 Å². The number of rotatable bonds is 5. The summed E-state index contributed by atoms with van der Waals surface area (Å²) < 4.78 is 0. The van der Waals surface area contributed by atoms with Crippen molar-refractivity contribution in [3.8, 4) is 0 Å². The third-order valence-electron chi connectivity index (χ3n) is 2.75. The Labute approximate surface area is 106 Å². The summed E-state index contributed by atoms with van der Waals surface area (Å²) >= 11 is 0. The number of aromatic nitrogens is 2. The monoisotopic (exact) mass is 248 g/mol. The Kier molecular flexibility index (Phi) is 3.54. The van der Waals surface area contributed by atoms with Crippen LogP contribution in [0.25, 0.3) is 11.0 Å². The molecule has 1 aromatic carbocycles. The van der Waals surface area contributed by atoms with Gasteiger partial charge in [-0.3, -0.25) is 0 Å². The van der Waals surface area contributed by atoms with E-state index in [2.05, 4.69) is 15.3 Å². The average molecular weight is 248 g/mol. The molecule has 0 radical (unpaired) electrons. The lowest BCUT2D eigenvalue weighted by Crippen LogP contribution is -2.43. The van der Waals surface area contributed by atoms with Gasteiger partial charge in [0.05, 0.1) is 11.0 Å². The lowest BCUT2D eigenvalue weighted by molar-refractivity contribution is 0.469. The number of nitrogens with one attached hydrogen (secondary N) is 3. The zero-order chi connectivity index (χ0) is 13.2. The zero-order valence-corrected chi connectivity index (χ0v) is 10.8. The molecule has 98 valence electrons. The first-order valence-electron chi connectivity index (χ1n) is 6.15. The maximum atomic E-state index is 11.1. The summed E-state index contributed by atoms with van der Waals surface area (Å²) in [6.07, 6.45) is 0.916. The molecule has 5 nitrogen and oxygen atoms in total. The summed E-state index contributed by atoms with van der Waals surface area (Å²) in [4.78, 5) is 16.6. The van der Waals surface area contributed by atoms with Gasteiger partial charge in [0, 0.05) is 12.1 Å². The van der Waals surface area contributed by atoms with Crippen LogP contribution in [0.3, 0.4) is 0 Å². The van der Waals surface area contributed by atoms with Gasteiger partial charge in [0.1, 0.15) is 0 Å². The molecule has 0 fully saturated rings. The van der Waals surface area contributed by atoms with Gasteiger partial charge in [0.15, 0.2) is 0 Å². The first-order valence-corrected chi connectivity index (χ1v) is 6.15. The second kappa shape index (κ2) is 4.96. The highest BCUT2D eigenvalue weighted by molar-refractivity contribution is 5.74. The van der Waals surface area contributed by atoms with E-state index in [4.69, 9.17) is 5.73 Å². The molecule has 0 spiro atoms. The lowest BCUT2D eigenvalue weighted by atomic mass is 10.1. The van der Waals surface area contributed by atoms with E-state index in [1.807, 2.05) is 32.0 Å². The van der Waals surface area contributed by atoms with Gasteiger partial charge < -0.3 is 21.0 Å². The number of imidazole rings is 1. The number of H-pyrrole nitrogens is 2. The van der Waals surface area contributed by atoms with Gasteiger partial charge in [0.25, 0.3) is 0 Å². The van der Waals surface area contributed by atoms with E-state index in [9.17, 15) is 4.79 Å². The second-order valence-corrected chi connectivity index (χ2v) is 5.37. The molecule has 0 bridgehead atoms. The molecule has 2 aromatic rings. The summed E-state index contributed by atoms with van der Waals surface area (Å²) in [5, 5.41) is 3.32. The maximum Gasteiger partial charge on any atom is 0.323 e. The summed E-state index contributed by atoms with van der Waals surface area (Å²) in [5.41, 5.74) is 8.44. The Morgan fingerprint density at radius 3 is 2.72 bits per heavy atom. The van der Waals surface area contributed by atoms with Crippen LogP contribution in [-0.2, 0) is 6.42 Å². The van der Waals surface area contributed by atoms with Gasteiger partial charge in [-0.05, 0) is 44.5 Å². The largest absolute Gasteiger partial charge is 0.324 e. The smallest absolute Gasteiger partial charge is 0.323 e. The molecule has 0 aliphatic carbocycles. The minimum atomic E-state index is -0.185. The predicted molar refractivity (Wildman–Crippen MR) is 73.8 cm³/mol. The van der Waals surface area contributed by atoms with Crippen molar-refractivity contribution < 1.29 is 0 Å². The number of benzene rings is 1. The topological polar surface area (TPSA) is 86.7 Å². The van der Waals surface area contributed by atoms with Crippen LogP contribution in [0.1, 0.15) is 19.4 Å². The van der Waals surface area contributed by atoms with Crippen LogP contribution in [0.4, 0.5) is 0 Å². The molecule has 0 saturated carbocycles. The first kappa shape index (κ1) is 12.9. The van der Waals surface area contributed by atoms with Gasteiger partial charge in [-0.2, -0.15) is 0 Å². The minimum Gasteiger partial charge on any atom is -0.324 e. The van der Waals surface area contributed by atoms with Crippen molar-refractivity contribution in [2.45, 2.75) is 25.8 Å². The molecular formula is C13H20N4O. The predicted octanol–water partition coefficient (Wildman–Crippen LogP) is 0.726. The van der Waals surface area contributed by atoms with E-state index >= 15 is 0 Å². The second-order valence-electron chi connectivity index (χ2n) is 5.37. The van der Waals surface area contributed by atoms with Crippen molar-refractivity contribution in [3.05, 3.63) is 34.2 Å². The zero-order valence-electron chi connectivity index (χ0n) is 10.8. The molecule has 0 atom stereocenters. The summed E-state index contributed by atoms with van der Waals surface area (Å²) in [7, 11) is 0. The van der Waals surface area contributed by atoms with E-state index in [1.54, 1.807) is 0 Å². The van der Waals surface area contributed by atoms with Gasteiger partial charge in [0.2, 0.25) is 0 Å². The Morgan fingerprint density at radius 1 is 1.28 bits per heavy atom. The molecule has 0 amide bonds. The normalized spacial score (nSPS) is 12.2. The molecule has 0 aliphatic rings. The standard InChI is InChI=1S/C13H20N4O/c1-13(2,14)8-15-6-5-9-3-4-10-11(7-9)17-12(18)16-10/h3-4,7,15H,5-6,8,14H2,1-2H3,(H2,16,17,18). The Hall–Kier alpha value is -1.59. The highest BCUT2D eigenvalue weighted by atomic mass is 16.1. The van der Waals surface area contributed by atoms with Crippen molar-refractivity contribution in [2.75, 3.05) is 13.1 Å². The van der Waals surface area contributed by atoms with E-state index < -0.39 is 0 Å². The van der Waals surface area contributed by atoms with Crippen molar-refractivity contribution >= 4 is 11.0 Å².